The maximum Gasteiger partial charge on any atom is 0.259 e. The maximum atomic E-state index is 11.8. The van der Waals surface area contributed by atoms with Crippen molar-refractivity contribution in [1.82, 2.24) is 5.32 Å². The Labute approximate surface area is 106 Å². The van der Waals surface area contributed by atoms with Crippen molar-refractivity contribution in [3.63, 3.8) is 0 Å². The zero-order chi connectivity index (χ0) is 13.0. The molecule has 0 saturated carbocycles. The fourth-order valence-electron chi connectivity index (χ4n) is 1.90. The summed E-state index contributed by atoms with van der Waals surface area (Å²) >= 11 is 0. The van der Waals surface area contributed by atoms with Crippen molar-refractivity contribution in [2.24, 2.45) is 0 Å². The smallest absolute Gasteiger partial charge is 0.259 e. The molecule has 5 heteroatoms. The van der Waals surface area contributed by atoms with Crippen LogP contribution in [0.3, 0.4) is 0 Å². The largest absolute Gasteiger partial charge is 0.362 e. The summed E-state index contributed by atoms with van der Waals surface area (Å²) in [5.74, 6) is -0.620. The summed E-state index contributed by atoms with van der Waals surface area (Å²) in [6, 6.07) is 7.41. The molecule has 1 aromatic carbocycles. The van der Waals surface area contributed by atoms with E-state index in [0.29, 0.717) is 12.2 Å². The minimum absolute atomic E-state index is 0.0404. The zero-order valence-electron chi connectivity index (χ0n) is 10.3. The third-order valence-electron chi connectivity index (χ3n) is 2.75. The zero-order valence-corrected chi connectivity index (χ0v) is 10.3. The van der Waals surface area contributed by atoms with Gasteiger partial charge in [0.05, 0.1) is 5.69 Å². The van der Waals surface area contributed by atoms with Gasteiger partial charge in [-0.1, -0.05) is 25.1 Å². The first-order valence-electron chi connectivity index (χ1n) is 5.96. The van der Waals surface area contributed by atoms with E-state index in [1.807, 2.05) is 25.1 Å². The van der Waals surface area contributed by atoms with Crippen LogP contribution < -0.4 is 10.2 Å². The van der Waals surface area contributed by atoms with Gasteiger partial charge in [-0.25, -0.2) is 4.90 Å². The van der Waals surface area contributed by atoms with Crippen molar-refractivity contribution >= 4 is 17.5 Å². The molecule has 0 aromatic heterocycles. The van der Waals surface area contributed by atoms with Crippen molar-refractivity contribution in [3.8, 4) is 0 Å². The van der Waals surface area contributed by atoms with Crippen molar-refractivity contribution in [2.45, 2.75) is 13.5 Å². The lowest BCUT2D eigenvalue weighted by molar-refractivity contribution is -0.138. The van der Waals surface area contributed by atoms with Crippen LogP contribution in [0.4, 0.5) is 5.69 Å². The Balaban J connectivity index is 2.30. The molecule has 1 saturated heterocycles. The predicted molar refractivity (Wildman–Crippen MR) is 67.1 cm³/mol. The molecule has 96 valence electrons. The van der Waals surface area contributed by atoms with Gasteiger partial charge in [0, 0.05) is 6.54 Å². The number of imide groups is 1. The summed E-state index contributed by atoms with van der Waals surface area (Å²) in [5.41, 5.74) is 1.58. The Kier molecular flexibility index (Phi) is 4.07. The molecule has 18 heavy (non-hydrogen) atoms. The van der Waals surface area contributed by atoms with Gasteiger partial charge in [-0.2, -0.15) is 0 Å². The first kappa shape index (κ1) is 12.7. The number of hydrogen-bond donors (Lipinski definition) is 1. The first-order valence-corrected chi connectivity index (χ1v) is 5.96. The molecule has 5 nitrogen and oxygen atoms in total. The topological polar surface area (TPSA) is 58.6 Å². The van der Waals surface area contributed by atoms with Crippen LogP contribution in [0.2, 0.25) is 0 Å². The van der Waals surface area contributed by atoms with E-state index in [2.05, 4.69) is 5.32 Å². The lowest BCUT2D eigenvalue weighted by atomic mass is 10.1. The maximum absolute atomic E-state index is 11.8. The number of rotatable bonds is 4. The number of morpholine rings is 1. The van der Waals surface area contributed by atoms with E-state index in [9.17, 15) is 9.59 Å². The van der Waals surface area contributed by atoms with E-state index in [1.54, 1.807) is 6.07 Å². The Morgan fingerprint density at radius 3 is 2.56 bits per heavy atom. The molecule has 1 N–H and O–H groups in total. The highest BCUT2D eigenvalue weighted by molar-refractivity contribution is 6.17. The predicted octanol–water partition coefficient (Wildman–Crippen LogP) is 0.686. The van der Waals surface area contributed by atoms with Gasteiger partial charge < -0.3 is 10.1 Å². The number of hydrogen-bond acceptors (Lipinski definition) is 4. The number of para-hydroxylation sites is 1. The molecule has 2 amide bonds. The van der Waals surface area contributed by atoms with Gasteiger partial charge in [-0.15, -0.1) is 0 Å². The van der Waals surface area contributed by atoms with Crippen LogP contribution in [-0.2, 0) is 20.9 Å². The van der Waals surface area contributed by atoms with Gasteiger partial charge in [0.25, 0.3) is 11.8 Å². The monoisotopic (exact) mass is 248 g/mol. The summed E-state index contributed by atoms with van der Waals surface area (Å²) in [6.45, 7) is 3.39. The number of nitrogens with one attached hydrogen (secondary N) is 1. The van der Waals surface area contributed by atoms with E-state index in [0.717, 1.165) is 12.1 Å². The average molecular weight is 248 g/mol. The summed E-state index contributed by atoms with van der Waals surface area (Å²) < 4.78 is 4.91. The van der Waals surface area contributed by atoms with Crippen molar-refractivity contribution < 1.29 is 14.3 Å². The van der Waals surface area contributed by atoms with Crippen LogP contribution in [-0.4, -0.2) is 31.6 Å². The number of carbonyl (C=O) groups excluding carboxylic acids is 2. The van der Waals surface area contributed by atoms with Crippen LogP contribution in [0, 0.1) is 0 Å². The molecule has 1 fully saturated rings. The summed E-state index contributed by atoms with van der Waals surface area (Å²) in [4.78, 5) is 24.8. The molecular formula is C13H16N2O3. The molecule has 0 unspecified atom stereocenters. The molecular weight excluding hydrogens is 232 g/mol. The van der Waals surface area contributed by atoms with E-state index in [-0.39, 0.29) is 25.0 Å². The normalized spacial score (nSPS) is 16.2. The van der Waals surface area contributed by atoms with Crippen LogP contribution in [0.1, 0.15) is 12.5 Å². The van der Waals surface area contributed by atoms with Crippen molar-refractivity contribution in [1.29, 1.82) is 0 Å². The molecule has 0 atom stereocenters. The van der Waals surface area contributed by atoms with Crippen molar-refractivity contribution in [2.75, 3.05) is 24.7 Å². The SMILES string of the molecule is CCNCc1ccccc1N1C(=O)COCC1=O. The Bertz CT molecular complexity index is 443. The average Bonchev–Trinajstić information content (AvgIpc) is 2.37. The fraction of sp³-hybridized carbons (Fsp3) is 0.385. The van der Waals surface area contributed by atoms with Crippen LogP contribution >= 0.6 is 0 Å². The summed E-state index contributed by atoms with van der Waals surface area (Å²) in [6.07, 6.45) is 0. The third kappa shape index (κ3) is 2.57. The minimum Gasteiger partial charge on any atom is -0.362 e. The fourth-order valence-corrected chi connectivity index (χ4v) is 1.90. The number of nitrogens with zero attached hydrogens (tertiary/aromatic N) is 1. The molecule has 1 aliphatic rings. The molecule has 0 bridgehead atoms. The Morgan fingerprint density at radius 2 is 1.89 bits per heavy atom. The highest BCUT2D eigenvalue weighted by atomic mass is 16.5. The number of carbonyl (C=O) groups is 2. The summed E-state index contributed by atoms with van der Waals surface area (Å²) in [5, 5.41) is 3.19. The van der Waals surface area contributed by atoms with Gasteiger partial charge in [-0.05, 0) is 18.2 Å². The van der Waals surface area contributed by atoms with Gasteiger partial charge in [0.15, 0.2) is 0 Å². The molecule has 1 aliphatic heterocycles. The van der Waals surface area contributed by atoms with Crippen LogP contribution in [0.25, 0.3) is 0 Å². The van der Waals surface area contributed by atoms with Crippen LogP contribution in [0.15, 0.2) is 24.3 Å². The van der Waals surface area contributed by atoms with Gasteiger partial charge in [-0.3, -0.25) is 9.59 Å². The van der Waals surface area contributed by atoms with Gasteiger partial charge in [0.1, 0.15) is 13.2 Å². The minimum atomic E-state index is -0.310. The van der Waals surface area contributed by atoms with E-state index in [4.69, 9.17) is 4.74 Å². The number of amides is 2. The first-order chi connectivity index (χ1) is 8.74. The summed E-state index contributed by atoms with van der Waals surface area (Å²) in [7, 11) is 0. The lowest BCUT2D eigenvalue weighted by Gasteiger charge is -2.26. The lowest BCUT2D eigenvalue weighted by Crippen LogP contribution is -2.46. The number of benzene rings is 1. The molecule has 2 rings (SSSR count). The standard InChI is InChI=1S/C13H16N2O3/c1-2-14-7-10-5-3-4-6-11(10)15-12(16)8-18-9-13(15)17/h3-6,14H,2,7-9H2,1H3. The Hall–Kier alpha value is -1.72. The number of anilines is 1. The second kappa shape index (κ2) is 5.75. The van der Waals surface area contributed by atoms with Crippen molar-refractivity contribution in [3.05, 3.63) is 29.8 Å². The molecule has 0 radical (unpaired) electrons. The quantitative estimate of drug-likeness (QED) is 0.796. The van der Waals surface area contributed by atoms with Crippen LogP contribution in [0.5, 0.6) is 0 Å². The highest BCUT2D eigenvalue weighted by Gasteiger charge is 2.29. The molecule has 0 spiro atoms. The molecule has 0 aliphatic carbocycles. The molecule has 1 heterocycles. The highest BCUT2D eigenvalue weighted by Crippen LogP contribution is 2.22. The number of ether oxygens (including phenoxy) is 1. The van der Waals surface area contributed by atoms with E-state index < -0.39 is 0 Å². The van der Waals surface area contributed by atoms with Gasteiger partial charge in [0.2, 0.25) is 0 Å². The third-order valence-corrected chi connectivity index (χ3v) is 2.75. The second-order valence-corrected chi connectivity index (χ2v) is 4.02. The van der Waals surface area contributed by atoms with Gasteiger partial charge >= 0.3 is 0 Å². The van der Waals surface area contributed by atoms with E-state index >= 15 is 0 Å². The molecule has 1 aromatic rings. The van der Waals surface area contributed by atoms with E-state index in [1.165, 1.54) is 4.90 Å². The Morgan fingerprint density at radius 1 is 1.22 bits per heavy atom. The second-order valence-electron chi connectivity index (χ2n) is 4.02.